The summed E-state index contributed by atoms with van der Waals surface area (Å²) in [6.07, 6.45) is 5.65. The van der Waals surface area contributed by atoms with Crippen LogP contribution < -0.4 is 5.73 Å². The number of hydrogen-bond acceptors (Lipinski definition) is 5. The second-order valence-electron chi connectivity index (χ2n) is 3.33. The molecule has 6 nitrogen and oxygen atoms in total. The predicted molar refractivity (Wildman–Crippen MR) is 53.7 cm³/mol. The van der Waals surface area contributed by atoms with Gasteiger partial charge in [-0.15, -0.1) is 5.10 Å². The van der Waals surface area contributed by atoms with Crippen LogP contribution in [0.5, 0.6) is 0 Å². The van der Waals surface area contributed by atoms with Gasteiger partial charge in [-0.25, -0.2) is 9.97 Å². The molecule has 2 aromatic heterocycles. The van der Waals surface area contributed by atoms with E-state index in [4.69, 9.17) is 5.73 Å². The Morgan fingerprint density at radius 2 is 2.40 bits per heavy atom. The summed E-state index contributed by atoms with van der Waals surface area (Å²) in [6.45, 7) is 0. The Hall–Kier alpha value is -1.82. The van der Waals surface area contributed by atoms with Gasteiger partial charge in [0.15, 0.2) is 0 Å². The van der Waals surface area contributed by atoms with E-state index < -0.39 is 0 Å². The molecule has 6 heteroatoms. The van der Waals surface area contributed by atoms with Gasteiger partial charge in [-0.2, -0.15) is 0 Å². The molecule has 0 amide bonds. The molecule has 0 radical (unpaired) electrons. The molecule has 2 heterocycles. The standard InChI is InChI=1S/C9H12N6/c1-15-5-7(13-14-15)4-8(10)9-2-3-11-6-12-9/h2-3,5-6,8H,4,10H2,1H3. The summed E-state index contributed by atoms with van der Waals surface area (Å²) in [4.78, 5) is 7.93. The Bertz CT molecular complexity index is 423. The average molecular weight is 204 g/mol. The largest absolute Gasteiger partial charge is 0.322 e. The first-order valence-corrected chi connectivity index (χ1v) is 4.62. The van der Waals surface area contributed by atoms with Crippen LogP contribution in [0.3, 0.4) is 0 Å². The molecule has 78 valence electrons. The van der Waals surface area contributed by atoms with E-state index in [-0.39, 0.29) is 6.04 Å². The highest BCUT2D eigenvalue weighted by molar-refractivity contribution is 5.08. The van der Waals surface area contributed by atoms with Gasteiger partial charge in [-0.1, -0.05) is 5.21 Å². The average Bonchev–Trinajstić information content (AvgIpc) is 2.65. The van der Waals surface area contributed by atoms with Crippen molar-refractivity contribution in [3.05, 3.63) is 36.2 Å². The summed E-state index contributed by atoms with van der Waals surface area (Å²) in [6, 6.07) is 1.64. The van der Waals surface area contributed by atoms with Crippen LogP contribution >= 0.6 is 0 Å². The third kappa shape index (κ3) is 2.35. The lowest BCUT2D eigenvalue weighted by atomic mass is 10.1. The highest BCUT2D eigenvalue weighted by Gasteiger charge is 2.10. The van der Waals surface area contributed by atoms with E-state index in [9.17, 15) is 0 Å². The fourth-order valence-electron chi connectivity index (χ4n) is 1.34. The second-order valence-corrected chi connectivity index (χ2v) is 3.33. The van der Waals surface area contributed by atoms with E-state index in [1.54, 1.807) is 16.9 Å². The second kappa shape index (κ2) is 4.14. The first-order valence-electron chi connectivity index (χ1n) is 4.62. The molecular weight excluding hydrogens is 192 g/mol. The predicted octanol–water partition coefficient (Wildman–Crippen LogP) is -0.152. The summed E-state index contributed by atoms with van der Waals surface area (Å²) in [7, 11) is 1.83. The molecule has 2 N–H and O–H groups in total. The number of aryl methyl sites for hydroxylation is 1. The van der Waals surface area contributed by atoms with Crippen LogP contribution in [0.1, 0.15) is 17.4 Å². The zero-order valence-electron chi connectivity index (χ0n) is 8.41. The van der Waals surface area contributed by atoms with Crippen LogP contribution in [0.15, 0.2) is 24.8 Å². The van der Waals surface area contributed by atoms with E-state index in [1.165, 1.54) is 6.33 Å². The molecule has 0 aliphatic carbocycles. The molecule has 1 unspecified atom stereocenters. The van der Waals surface area contributed by atoms with Crippen LogP contribution in [-0.2, 0) is 13.5 Å². The van der Waals surface area contributed by atoms with E-state index in [0.717, 1.165) is 11.4 Å². The Balaban J connectivity index is 2.07. The lowest BCUT2D eigenvalue weighted by Crippen LogP contribution is -2.15. The van der Waals surface area contributed by atoms with Crippen LogP contribution in [0.2, 0.25) is 0 Å². The highest BCUT2D eigenvalue weighted by Crippen LogP contribution is 2.10. The molecule has 0 spiro atoms. The number of nitrogens with two attached hydrogens (primary N) is 1. The minimum Gasteiger partial charge on any atom is -0.322 e. The summed E-state index contributed by atoms with van der Waals surface area (Å²) in [5.41, 5.74) is 7.65. The third-order valence-electron chi connectivity index (χ3n) is 2.06. The smallest absolute Gasteiger partial charge is 0.115 e. The van der Waals surface area contributed by atoms with Gasteiger partial charge in [0.2, 0.25) is 0 Å². The summed E-state index contributed by atoms with van der Waals surface area (Å²) in [5.74, 6) is 0. The van der Waals surface area contributed by atoms with Crippen LogP contribution in [0, 0.1) is 0 Å². The molecule has 1 atom stereocenters. The number of rotatable bonds is 3. The maximum absolute atomic E-state index is 5.97. The van der Waals surface area contributed by atoms with Gasteiger partial charge in [0.25, 0.3) is 0 Å². The number of aromatic nitrogens is 5. The van der Waals surface area contributed by atoms with Crippen LogP contribution in [0.4, 0.5) is 0 Å². The topological polar surface area (TPSA) is 82.5 Å². The molecule has 15 heavy (non-hydrogen) atoms. The van der Waals surface area contributed by atoms with Crippen molar-refractivity contribution in [1.29, 1.82) is 0 Å². The quantitative estimate of drug-likeness (QED) is 0.751. The van der Waals surface area contributed by atoms with Gasteiger partial charge in [0, 0.05) is 25.9 Å². The van der Waals surface area contributed by atoms with Crippen molar-refractivity contribution in [2.45, 2.75) is 12.5 Å². The van der Waals surface area contributed by atoms with Crippen molar-refractivity contribution in [1.82, 2.24) is 25.0 Å². The fourth-order valence-corrected chi connectivity index (χ4v) is 1.34. The molecule has 0 bridgehead atoms. The van der Waals surface area contributed by atoms with Gasteiger partial charge in [-0.3, -0.25) is 4.68 Å². The molecule has 2 aromatic rings. The molecule has 0 saturated heterocycles. The van der Waals surface area contributed by atoms with Crippen molar-refractivity contribution in [3.8, 4) is 0 Å². The van der Waals surface area contributed by atoms with E-state index in [2.05, 4.69) is 20.3 Å². The Kier molecular flexibility index (Phi) is 2.68. The number of hydrogen-bond donors (Lipinski definition) is 1. The SMILES string of the molecule is Cn1cc(CC(N)c2ccncn2)nn1. The Morgan fingerprint density at radius 3 is 3.00 bits per heavy atom. The maximum Gasteiger partial charge on any atom is 0.115 e. The van der Waals surface area contributed by atoms with Crippen molar-refractivity contribution < 1.29 is 0 Å². The lowest BCUT2D eigenvalue weighted by molar-refractivity contribution is 0.674. The molecule has 0 aliphatic heterocycles. The van der Waals surface area contributed by atoms with Crippen molar-refractivity contribution in [3.63, 3.8) is 0 Å². The van der Waals surface area contributed by atoms with Crippen molar-refractivity contribution >= 4 is 0 Å². The summed E-state index contributed by atoms with van der Waals surface area (Å²) < 4.78 is 1.65. The molecular formula is C9H12N6. The molecule has 0 fully saturated rings. The van der Waals surface area contributed by atoms with E-state index >= 15 is 0 Å². The van der Waals surface area contributed by atoms with Gasteiger partial charge in [-0.05, 0) is 6.07 Å². The molecule has 2 rings (SSSR count). The van der Waals surface area contributed by atoms with Gasteiger partial charge in [0.05, 0.1) is 17.4 Å². The maximum atomic E-state index is 5.97. The number of nitrogens with zero attached hydrogens (tertiary/aromatic N) is 5. The highest BCUT2D eigenvalue weighted by atomic mass is 15.4. The zero-order valence-corrected chi connectivity index (χ0v) is 8.41. The first-order chi connectivity index (χ1) is 7.25. The Labute approximate surface area is 87.2 Å². The van der Waals surface area contributed by atoms with Crippen molar-refractivity contribution in [2.75, 3.05) is 0 Å². The van der Waals surface area contributed by atoms with Crippen molar-refractivity contribution in [2.24, 2.45) is 12.8 Å². The summed E-state index contributed by atoms with van der Waals surface area (Å²) in [5, 5.41) is 7.81. The van der Waals surface area contributed by atoms with Gasteiger partial charge >= 0.3 is 0 Å². The van der Waals surface area contributed by atoms with E-state index in [1.807, 2.05) is 13.2 Å². The normalized spacial score (nSPS) is 12.7. The molecule has 0 aromatic carbocycles. The van der Waals surface area contributed by atoms with E-state index in [0.29, 0.717) is 6.42 Å². The minimum absolute atomic E-state index is 0.162. The van der Waals surface area contributed by atoms with Crippen LogP contribution in [-0.4, -0.2) is 25.0 Å². The fraction of sp³-hybridized carbons (Fsp3) is 0.333. The monoisotopic (exact) mass is 204 g/mol. The van der Waals surface area contributed by atoms with Gasteiger partial charge < -0.3 is 5.73 Å². The lowest BCUT2D eigenvalue weighted by Gasteiger charge is -2.07. The van der Waals surface area contributed by atoms with Crippen LogP contribution in [0.25, 0.3) is 0 Å². The third-order valence-corrected chi connectivity index (χ3v) is 2.06. The molecule has 0 saturated carbocycles. The minimum atomic E-state index is -0.162. The first kappa shape index (κ1) is 9.72. The molecule has 0 aliphatic rings. The summed E-state index contributed by atoms with van der Waals surface area (Å²) >= 11 is 0. The zero-order chi connectivity index (χ0) is 10.7. The Morgan fingerprint density at radius 1 is 1.53 bits per heavy atom. The van der Waals surface area contributed by atoms with Gasteiger partial charge in [0.1, 0.15) is 6.33 Å².